The molecule has 2 aromatic heterocycles. The zero-order valence-electron chi connectivity index (χ0n) is 18.6. The van der Waals surface area contributed by atoms with Gasteiger partial charge in [0.05, 0.1) is 35.1 Å². The van der Waals surface area contributed by atoms with Crippen LogP contribution in [-0.2, 0) is 21.1 Å². The minimum absolute atomic E-state index is 0.101. The molecule has 4 aromatic rings. The van der Waals surface area contributed by atoms with Gasteiger partial charge in [0, 0.05) is 18.0 Å². The van der Waals surface area contributed by atoms with Crippen molar-refractivity contribution in [2.75, 3.05) is 12.4 Å². The Labute approximate surface area is 193 Å². The molecule has 2 heterocycles. The predicted octanol–water partition coefficient (Wildman–Crippen LogP) is 4.37. The summed E-state index contributed by atoms with van der Waals surface area (Å²) < 4.78 is 31.9. The molecule has 0 bridgehead atoms. The Morgan fingerprint density at radius 3 is 2.52 bits per heavy atom. The molecule has 0 aliphatic heterocycles. The van der Waals surface area contributed by atoms with Gasteiger partial charge < -0.3 is 14.5 Å². The molecule has 0 saturated heterocycles. The monoisotopic (exact) mass is 463 g/mol. The van der Waals surface area contributed by atoms with Gasteiger partial charge in [0.2, 0.25) is 5.91 Å². The first kappa shape index (κ1) is 22.5. The second-order valence-corrected chi connectivity index (χ2v) is 10.5. The number of pyridine rings is 1. The van der Waals surface area contributed by atoms with Crippen LogP contribution in [0.2, 0.25) is 0 Å². The molecular formula is C25H25N3O4S. The lowest BCUT2D eigenvalue weighted by Gasteiger charge is -2.12. The molecule has 33 heavy (non-hydrogen) atoms. The summed E-state index contributed by atoms with van der Waals surface area (Å²) in [6.07, 6.45) is 3.95. The van der Waals surface area contributed by atoms with E-state index < -0.39 is 15.1 Å². The maximum absolute atomic E-state index is 12.7. The zero-order chi connectivity index (χ0) is 23.6. The number of fused-ring (bicyclic) bond motifs is 1. The molecule has 0 atom stereocenters. The van der Waals surface area contributed by atoms with Crippen LogP contribution >= 0.6 is 0 Å². The quantitative estimate of drug-likeness (QED) is 0.440. The molecule has 2 aromatic carbocycles. The Hall–Kier alpha value is -3.65. The topological polar surface area (TPSA) is 89.8 Å². The molecule has 0 spiro atoms. The van der Waals surface area contributed by atoms with Crippen molar-refractivity contribution < 1.29 is 17.9 Å². The SMILES string of the molecule is COc1ccc(-c2cn3ccccc3n2)cc1NC(=O)Cc1ccc(S(=O)(=O)C(C)C)cc1. The van der Waals surface area contributed by atoms with E-state index in [1.165, 1.54) is 0 Å². The maximum Gasteiger partial charge on any atom is 0.228 e. The highest BCUT2D eigenvalue weighted by Gasteiger charge is 2.19. The lowest BCUT2D eigenvalue weighted by atomic mass is 10.1. The number of benzene rings is 2. The number of sulfone groups is 1. The van der Waals surface area contributed by atoms with E-state index in [0.29, 0.717) is 17.0 Å². The van der Waals surface area contributed by atoms with Gasteiger partial charge in [-0.2, -0.15) is 0 Å². The van der Waals surface area contributed by atoms with Gasteiger partial charge in [0.25, 0.3) is 0 Å². The maximum atomic E-state index is 12.7. The average Bonchev–Trinajstić information content (AvgIpc) is 3.23. The number of aromatic nitrogens is 2. The van der Waals surface area contributed by atoms with E-state index in [9.17, 15) is 13.2 Å². The molecular weight excluding hydrogens is 438 g/mol. The summed E-state index contributed by atoms with van der Waals surface area (Å²) in [5.74, 6) is 0.300. The van der Waals surface area contributed by atoms with Crippen LogP contribution in [0.4, 0.5) is 5.69 Å². The van der Waals surface area contributed by atoms with Crippen LogP contribution in [0.3, 0.4) is 0 Å². The molecule has 1 N–H and O–H groups in total. The average molecular weight is 464 g/mol. The van der Waals surface area contributed by atoms with Gasteiger partial charge in [-0.15, -0.1) is 0 Å². The van der Waals surface area contributed by atoms with Crippen molar-refractivity contribution in [3.05, 3.63) is 78.6 Å². The first-order valence-electron chi connectivity index (χ1n) is 10.5. The number of methoxy groups -OCH3 is 1. The summed E-state index contributed by atoms with van der Waals surface area (Å²) in [5, 5.41) is 2.40. The second kappa shape index (κ2) is 9.07. The van der Waals surface area contributed by atoms with E-state index in [-0.39, 0.29) is 17.2 Å². The highest BCUT2D eigenvalue weighted by atomic mass is 32.2. The second-order valence-electron chi connectivity index (χ2n) is 7.97. The van der Waals surface area contributed by atoms with Crippen molar-refractivity contribution >= 4 is 27.1 Å². The lowest BCUT2D eigenvalue weighted by Crippen LogP contribution is -2.16. The van der Waals surface area contributed by atoms with Crippen LogP contribution in [0.25, 0.3) is 16.9 Å². The third-order valence-electron chi connectivity index (χ3n) is 5.37. The molecule has 0 fully saturated rings. The van der Waals surface area contributed by atoms with E-state index in [1.807, 2.05) is 47.1 Å². The molecule has 0 saturated carbocycles. The third kappa shape index (κ3) is 4.75. The number of amides is 1. The number of ether oxygens (including phenoxy) is 1. The van der Waals surface area contributed by atoms with E-state index in [4.69, 9.17) is 4.74 Å². The Kier molecular flexibility index (Phi) is 6.20. The van der Waals surface area contributed by atoms with Crippen molar-refractivity contribution in [3.8, 4) is 17.0 Å². The molecule has 1 amide bonds. The van der Waals surface area contributed by atoms with Gasteiger partial charge in [-0.1, -0.05) is 18.2 Å². The van der Waals surface area contributed by atoms with Gasteiger partial charge in [-0.05, 0) is 61.9 Å². The van der Waals surface area contributed by atoms with Crippen LogP contribution in [0, 0.1) is 0 Å². The number of hydrogen-bond acceptors (Lipinski definition) is 5. The Bertz CT molecular complexity index is 1370. The molecule has 0 radical (unpaired) electrons. The number of anilines is 1. The number of nitrogens with zero attached hydrogens (tertiary/aromatic N) is 2. The van der Waals surface area contributed by atoms with Crippen molar-refractivity contribution in [3.63, 3.8) is 0 Å². The fraction of sp³-hybridized carbons (Fsp3) is 0.200. The van der Waals surface area contributed by atoms with Crippen LogP contribution in [0.15, 0.2) is 78.0 Å². The number of imidazole rings is 1. The largest absolute Gasteiger partial charge is 0.495 e. The summed E-state index contributed by atoms with van der Waals surface area (Å²) >= 11 is 0. The molecule has 8 heteroatoms. The Morgan fingerprint density at radius 2 is 1.85 bits per heavy atom. The van der Waals surface area contributed by atoms with Gasteiger partial charge in [0.15, 0.2) is 9.84 Å². The smallest absolute Gasteiger partial charge is 0.228 e. The number of rotatable bonds is 7. The molecule has 0 unspecified atom stereocenters. The lowest BCUT2D eigenvalue weighted by molar-refractivity contribution is -0.115. The highest BCUT2D eigenvalue weighted by Crippen LogP contribution is 2.30. The van der Waals surface area contributed by atoms with Crippen molar-refractivity contribution in [2.24, 2.45) is 0 Å². The van der Waals surface area contributed by atoms with Crippen LogP contribution in [-0.4, -0.2) is 36.1 Å². The molecule has 7 nitrogen and oxygen atoms in total. The van der Waals surface area contributed by atoms with Gasteiger partial charge in [-0.25, -0.2) is 13.4 Å². The fourth-order valence-corrected chi connectivity index (χ4v) is 4.55. The normalized spacial score (nSPS) is 11.6. The van der Waals surface area contributed by atoms with Gasteiger partial charge in [0.1, 0.15) is 11.4 Å². The van der Waals surface area contributed by atoms with E-state index in [0.717, 1.165) is 16.9 Å². The summed E-state index contributed by atoms with van der Waals surface area (Å²) in [6.45, 7) is 3.29. The molecule has 170 valence electrons. The predicted molar refractivity (Wildman–Crippen MR) is 128 cm³/mol. The Morgan fingerprint density at radius 1 is 1.09 bits per heavy atom. The van der Waals surface area contributed by atoms with Crippen molar-refractivity contribution in [2.45, 2.75) is 30.4 Å². The summed E-state index contributed by atoms with van der Waals surface area (Å²) in [4.78, 5) is 17.6. The van der Waals surface area contributed by atoms with Gasteiger partial charge in [-0.3, -0.25) is 4.79 Å². The van der Waals surface area contributed by atoms with Crippen LogP contribution < -0.4 is 10.1 Å². The standard InChI is InChI=1S/C25H25N3O4S/c1-17(2)33(30,31)20-10-7-18(8-11-20)14-25(29)27-21-15-19(9-12-23(21)32-3)22-16-28-13-5-4-6-24(28)26-22/h4-13,15-17H,14H2,1-3H3,(H,27,29). The molecule has 4 rings (SSSR count). The summed E-state index contributed by atoms with van der Waals surface area (Å²) in [7, 11) is -1.80. The molecule has 0 aliphatic rings. The number of hydrogen-bond donors (Lipinski definition) is 1. The van der Waals surface area contributed by atoms with Crippen LogP contribution in [0.5, 0.6) is 5.75 Å². The fourth-order valence-electron chi connectivity index (χ4n) is 3.49. The minimum Gasteiger partial charge on any atom is -0.495 e. The van der Waals surface area contributed by atoms with Crippen molar-refractivity contribution in [1.29, 1.82) is 0 Å². The minimum atomic E-state index is -3.35. The first-order valence-corrected chi connectivity index (χ1v) is 12.1. The van der Waals surface area contributed by atoms with E-state index in [2.05, 4.69) is 10.3 Å². The summed E-state index contributed by atoms with van der Waals surface area (Å²) in [5.41, 5.74) is 3.71. The summed E-state index contributed by atoms with van der Waals surface area (Å²) in [6, 6.07) is 17.7. The number of carbonyl (C=O) groups is 1. The van der Waals surface area contributed by atoms with E-state index in [1.54, 1.807) is 51.3 Å². The molecule has 0 aliphatic carbocycles. The number of nitrogens with one attached hydrogen (secondary N) is 1. The zero-order valence-corrected chi connectivity index (χ0v) is 19.5. The Balaban J connectivity index is 1.53. The highest BCUT2D eigenvalue weighted by molar-refractivity contribution is 7.92. The number of carbonyl (C=O) groups excluding carboxylic acids is 1. The van der Waals surface area contributed by atoms with Crippen molar-refractivity contribution in [1.82, 2.24) is 9.38 Å². The van der Waals surface area contributed by atoms with Crippen LogP contribution in [0.1, 0.15) is 19.4 Å². The third-order valence-corrected chi connectivity index (χ3v) is 7.54. The van der Waals surface area contributed by atoms with E-state index >= 15 is 0 Å². The van der Waals surface area contributed by atoms with Gasteiger partial charge >= 0.3 is 0 Å². The first-order chi connectivity index (χ1) is 15.8.